The number of aromatic amines is 1. The maximum atomic E-state index is 13.4. The lowest BCUT2D eigenvalue weighted by atomic mass is 10.0. The van der Waals surface area contributed by atoms with Crippen LogP contribution in [0.1, 0.15) is 50.8 Å². The molecule has 0 fully saturated rings. The third kappa shape index (κ3) is 11.0. The first kappa shape index (κ1) is 32.2. The van der Waals surface area contributed by atoms with Gasteiger partial charge in [0.05, 0.1) is 12.4 Å². The number of carboxylic acids is 1. The van der Waals surface area contributed by atoms with E-state index in [-0.39, 0.29) is 37.4 Å². The number of aliphatic carboxylic acids is 1. The van der Waals surface area contributed by atoms with E-state index in [2.05, 4.69) is 25.9 Å². The molecule has 4 unspecified atom stereocenters. The Morgan fingerprint density at radius 2 is 1.55 bits per heavy atom. The van der Waals surface area contributed by atoms with Crippen LogP contribution in [0.15, 0.2) is 36.8 Å². The molecular weight excluding hydrogens is 518 g/mol. The number of amides is 3. The van der Waals surface area contributed by atoms with Crippen molar-refractivity contribution in [2.45, 2.75) is 76.5 Å². The highest BCUT2D eigenvalue weighted by Gasteiger charge is 2.31. The SMILES string of the molecule is CC(C)CC(NC(=O)C(CCCCN)NC(=O)C(Cc1cnc[nH]1)NC(=O)C(N)Cc1ccc(O)cc1)C(=O)O. The Hall–Kier alpha value is -3.97. The van der Waals surface area contributed by atoms with Crippen LogP contribution in [0.3, 0.4) is 0 Å². The van der Waals surface area contributed by atoms with Gasteiger partial charge in [0, 0.05) is 18.3 Å². The molecule has 0 aliphatic carbocycles. The molecule has 10 N–H and O–H groups in total. The summed E-state index contributed by atoms with van der Waals surface area (Å²) in [5.41, 5.74) is 13.0. The monoisotopic (exact) mass is 559 g/mol. The molecule has 0 aliphatic heterocycles. The van der Waals surface area contributed by atoms with E-state index in [0.29, 0.717) is 25.1 Å². The molecule has 0 bridgehead atoms. The molecule has 220 valence electrons. The second kappa shape index (κ2) is 16.2. The van der Waals surface area contributed by atoms with Crippen molar-refractivity contribution in [1.29, 1.82) is 0 Å². The number of nitrogens with zero attached hydrogens (tertiary/aromatic N) is 1. The van der Waals surface area contributed by atoms with Crippen LogP contribution in [0, 0.1) is 5.92 Å². The van der Waals surface area contributed by atoms with E-state index < -0.39 is 47.9 Å². The van der Waals surface area contributed by atoms with E-state index in [1.807, 2.05) is 13.8 Å². The van der Waals surface area contributed by atoms with Crippen LogP contribution >= 0.6 is 0 Å². The molecular formula is C27H41N7O6. The second-order valence-electron chi connectivity index (χ2n) is 10.2. The lowest BCUT2D eigenvalue weighted by Crippen LogP contribution is -2.57. The molecule has 0 saturated carbocycles. The number of nitrogens with two attached hydrogens (primary N) is 2. The van der Waals surface area contributed by atoms with Crippen LogP contribution in [0.4, 0.5) is 0 Å². The Morgan fingerprint density at radius 3 is 2.12 bits per heavy atom. The number of benzene rings is 1. The number of carboxylic acid groups (broad SMARTS) is 1. The first-order chi connectivity index (χ1) is 19.0. The summed E-state index contributed by atoms with van der Waals surface area (Å²) < 4.78 is 0. The van der Waals surface area contributed by atoms with Gasteiger partial charge in [-0.1, -0.05) is 26.0 Å². The molecule has 1 aromatic carbocycles. The van der Waals surface area contributed by atoms with Crippen molar-refractivity contribution in [3.8, 4) is 5.75 Å². The van der Waals surface area contributed by atoms with E-state index in [0.717, 1.165) is 5.56 Å². The van der Waals surface area contributed by atoms with Gasteiger partial charge in [-0.05, 0) is 62.3 Å². The topological polar surface area (TPSA) is 226 Å². The third-order valence-electron chi connectivity index (χ3n) is 6.24. The van der Waals surface area contributed by atoms with E-state index in [1.165, 1.54) is 24.7 Å². The summed E-state index contributed by atoms with van der Waals surface area (Å²) in [6.45, 7) is 4.08. The molecule has 4 atom stereocenters. The second-order valence-corrected chi connectivity index (χ2v) is 10.2. The van der Waals surface area contributed by atoms with Crippen LogP contribution in [-0.4, -0.2) is 74.6 Å². The molecule has 0 saturated heterocycles. The van der Waals surface area contributed by atoms with Gasteiger partial charge in [-0.25, -0.2) is 9.78 Å². The summed E-state index contributed by atoms with van der Waals surface area (Å²) in [6, 6.07) is 2.02. The molecule has 2 rings (SSSR count). The van der Waals surface area contributed by atoms with Crippen molar-refractivity contribution >= 4 is 23.7 Å². The van der Waals surface area contributed by atoms with E-state index in [1.54, 1.807) is 12.1 Å². The summed E-state index contributed by atoms with van der Waals surface area (Å²) in [4.78, 5) is 58.0. The summed E-state index contributed by atoms with van der Waals surface area (Å²) in [5, 5.41) is 26.9. The van der Waals surface area contributed by atoms with Gasteiger partial charge in [0.1, 0.15) is 23.9 Å². The van der Waals surface area contributed by atoms with Crippen LogP contribution in [0.25, 0.3) is 0 Å². The molecule has 2 aromatic rings. The largest absolute Gasteiger partial charge is 0.508 e. The van der Waals surface area contributed by atoms with Crippen LogP contribution in [-0.2, 0) is 32.0 Å². The molecule has 1 heterocycles. The molecule has 1 aromatic heterocycles. The molecule has 0 radical (unpaired) electrons. The first-order valence-electron chi connectivity index (χ1n) is 13.3. The number of H-pyrrole nitrogens is 1. The van der Waals surface area contributed by atoms with Crippen molar-refractivity contribution in [3.63, 3.8) is 0 Å². The Kier molecular flexibility index (Phi) is 13.1. The van der Waals surface area contributed by atoms with Gasteiger partial charge in [0.15, 0.2) is 0 Å². The van der Waals surface area contributed by atoms with Crippen molar-refractivity contribution < 1.29 is 29.4 Å². The number of carbonyl (C=O) groups is 4. The van der Waals surface area contributed by atoms with E-state index >= 15 is 0 Å². The smallest absolute Gasteiger partial charge is 0.326 e. The number of aromatic nitrogens is 2. The predicted molar refractivity (Wildman–Crippen MR) is 148 cm³/mol. The van der Waals surface area contributed by atoms with E-state index in [4.69, 9.17) is 11.5 Å². The number of carbonyl (C=O) groups excluding carboxylic acids is 3. The maximum Gasteiger partial charge on any atom is 0.326 e. The Morgan fingerprint density at radius 1 is 0.925 bits per heavy atom. The Balaban J connectivity index is 2.17. The predicted octanol–water partition coefficient (Wildman–Crippen LogP) is -0.0581. The Bertz CT molecular complexity index is 1090. The minimum absolute atomic E-state index is 0.0199. The number of aromatic hydroxyl groups is 1. The number of hydrogen-bond donors (Lipinski definition) is 8. The number of unbranched alkanes of at least 4 members (excludes halogenated alkanes) is 1. The van der Waals surface area contributed by atoms with E-state index in [9.17, 15) is 29.4 Å². The highest BCUT2D eigenvalue weighted by Crippen LogP contribution is 2.12. The van der Waals surface area contributed by atoms with Gasteiger partial charge in [-0.2, -0.15) is 0 Å². The zero-order valence-corrected chi connectivity index (χ0v) is 22.9. The van der Waals surface area contributed by atoms with Gasteiger partial charge in [0.2, 0.25) is 17.7 Å². The molecule has 3 amide bonds. The number of phenols is 1. The molecule has 13 heteroatoms. The number of phenolic OH excluding ortho intramolecular Hbond substituents is 1. The van der Waals surface area contributed by atoms with Gasteiger partial charge < -0.3 is 42.6 Å². The quantitative estimate of drug-likeness (QED) is 0.121. The van der Waals surface area contributed by atoms with Gasteiger partial charge in [-0.3, -0.25) is 14.4 Å². The summed E-state index contributed by atoms with van der Waals surface area (Å²) in [7, 11) is 0. The number of hydrogen-bond acceptors (Lipinski definition) is 8. The fourth-order valence-corrected chi connectivity index (χ4v) is 4.08. The lowest BCUT2D eigenvalue weighted by molar-refractivity contribution is -0.142. The fourth-order valence-electron chi connectivity index (χ4n) is 4.08. The highest BCUT2D eigenvalue weighted by molar-refractivity contribution is 5.94. The number of rotatable bonds is 17. The minimum atomic E-state index is -1.17. The average Bonchev–Trinajstić information content (AvgIpc) is 3.41. The summed E-state index contributed by atoms with van der Waals surface area (Å²) in [6.07, 6.45) is 4.74. The highest BCUT2D eigenvalue weighted by atomic mass is 16.4. The lowest BCUT2D eigenvalue weighted by Gasteiger charge is -2.25. The van der Waals surface area contributed by atoms with Gasteiger partial charge in [-0.15, -0.1) is 0 Å². The molecule has 0 spiro atoms. The first-order valence-corrected chi connectivity index (χ1v) is 13.3. The standard InChI is InChI=1S/C27H41N7O6/c1-16(2)11-23(27(39)40)34-25(37)21(5-3-4-10-28)32-26(38)22(13-18-14-30-15-31-18)33-24(36)20(29)12-17-6-8-19(35)9-7-17/h6-9,14-16,20-23,35H,3-5,10-13,28-29H2,1-2H3,(H,30,31)(H,32,38)(H,33,36)(H,34,37)(H,39,40). The maximum absolute atomic E-state index is 13.4. The van der Waals surface area contributed by atoms with Crippen LogP contribution in [0.2, 0.25) is 0 Å². The van der Waals surface area contributed by atoms with Gasteiger partial charge in [0.25, 0.3) is 0 Å². The molecule has 0 aliphatic rings. The van der Waals surface area contributed by atoms with Crippen molar-refractivity contribution in [2.75, 3.05) is 6.54 Å². The summed E-state index contributed by atoms with van der Waals surface area (Å²) in [5.74, 6) is -2.91. The fraction of sp³-hybridized carbons (Fsp3) is 0.519. The zero-order chi connectivity index (χ0) is 29.7. The van der Waals surface area contributed by atoms with Crippen molar-refractivity contribution in [3.05, 3.63) is 48.0 Å². The average molecular weight is 560 g/mol. The number of nitrogens with one attached hydrogen (secondary N) is 4. The summed E-state index contributed by atoms with van der Waals surface area (Å²) >= 11 is 0. The van der Waals surface area contributed by atoms with Gasteiger partial charge >= 0.3 is 5.97 Å². The third-order valence-corrected chi connectivity index (χ3v) is 6.24. The van der Waals surface area contributed by atoms with Crippen molar-refractivity contribution in [1.82, 2.24) is 25.9 Å². The zero-order valence-electron chi connectivity index (χ0n) is 22.9. The molecule has 13 nitrogen and oxygen atoms in total. The molecule has 40 heavy (non-hydrogen) atoms. The minimum Gasteiger partial charge on any atom is -0.508 e. The van der Waals surface area contributed by atoms with Crippen molar-refractivity contribution in [2.24, 2.45) is 17.4 Å². The number of imidazole rings is 1. The normalized spacial score (nSPS) is 14.1. The Labute approximate surface area is 233 Å². The van der Waals surface area contributed by atoms with Crippen LogP contribution in [0.5, 0.6) is 5.75 Å². The van der Waals surface area contributed by atoms with Crippen LogP contribution < -0.4 is 27.4 Å².